The second-order valence-corrected chi connectivity index (χ2v) is 10.8. The lowest BCUT2D eigenvalue weighted by Crippen LogP contribution is -2.40. The predicted molar refractivity (Wildman–Crippen MR) is 88.9 cm³/mol. The van der Waals surface area contributed by atoms with Gasteiger partial charge in [-0.1, -0.05) is 79.8 Å². The molecule has 3 atom stereocenters. The molecule has 0 aliphatic heterocycles. The molecule has 2 N–H and O–H groups in total. The van der Waals surface area contributed by atoms with E-state index < -0.39 is 14.2 Å². The van der Waals surface area contributed by atoms with Gasteiger partial charge in [0.15, 0.2) is 0 Å². The van der Waals surface area contributed by atoms with E-state index >= 15 is 0 Å². The maximum Gasteiger partial charge on any atom is 0.105 e. The first-order valence-electron chi connectivity index (χ1n) is 7.02. The molecule has 0 saturated heterocycles. The molecule has 0 fully saturated rings. The van der Waals surface area contributed by atoms with Gasteiger partial charge in [-0.05, 0) is 0 Å². The third-order valence-electron chi connectivity index (χ3n) is 3.83. The summed E-state index contributed by atoms with van der Waals surface area (Å²) in [5.41, 5.74) is 2.13. The first kappa shape index (κ1) is 17.4. The third-order valence-corrected chi connectivity index (χ3v) is 7.33. The summed E-state index contributed by atoms with van der Waals surface area (Å²) in [5.74, 6) is -0.331. The topological polar surface area (TPSA) is 40.5 Å². The Kier molecular flexibility index (Phi) is 6.46. The molecule has 0 radical (unpaired) electrons. The van der Waals surface area contributed by atoms with Gasteiger partial charge in [0.05, 0.1) is 6.10 Å². The maximum atomic E-state index is 10.2. The molecular formula is C16H25ClO2Si. The molecule has 0 unspecified atom stereocenters. The van der Waals surface area contributed by atoms with Crippen LogP contribution in [0.5, 0.6) is 0 Å². The summed E-state index contributed by atoms with van der Waals surface area (Å²) in [5, 5.41) is 21.3. The molecule has 0 amide bonds. The van der Waals surface area contributed by atoms with Crippen LogP contribution < -0.4 is 5.19 Å². The standard InChI is InChI=1S/C16H25ClO2Si/c1-12(10-18)16(19)13(2)15(17)11-20(3,4)14-8-6-5-7-9-14/h5-9,11-13,16,18-19H,10H2,1-4H3/b15-11+/t12-,13+,16+/m0/s1. The Bertz CT molecular complexity index is 445. The average Bonchev–Trinajstić information content (AvgIpc) is 2.45. The van der Waals surface area contributed by atoms with Gasteiger partial charge in [0.1, 0.15) is 8.07 Å². The molecule has 4 heteroatoms. The zero-order valence-corrected chi connectivity index (χ0v) is 14.4. The summed E-state index contributed by atoms with van der Waals surface area (Å²) >= 11 is 6.42. The molecule has 0 aliphatic carbocycles. The molecule has 0 heterocycles. The molecule has 0 aliphatic rings. The van der Waals surface area contributed by atoms with Crippen LogP contribution in [-0.2, 0) is 0 Å². The van der Waals surface area contributed by atoms with Crippen molar-refractivity contribution in [2.24, 2.45) is 11.8 Å². The minimum Gasteiger partial charge on any atom is -0.396 e. The third kappa shape index (κ3) is 4.45. The first-order valence-corrected chi connectivity index (χ1v) is 10.5. The zero-order valence-electron chi connectivity index (χ0n) is 12.7. The van der Waals surface area contributed by atoms with Gasteiger partial charge in [0.2, 0.25) is 0 Å². The lowest BCUT2D eigenvalue weighted by molar-refractivity contribution is 0.0500. The van der Waals surface area contributed by atoms with E-state index in [4.69, 9.17) is 16.7 Å². The number of benzene rings is 1. The lowest BCUT2D eigenvalue weighted by atomic mass is 9.94. The molecular weight excluding hydrogens is 288 g/mol. The maximum absolute atomic E-state index is 10.2. The van der Waals surface area contributed by atoms with Gasteiger partial charge in [0.25, 0.3) is 0 Å². The summed E-state index contributed by atoms with van der Waals surface area (Å²) in [6, 6.07) is 10.3. The highest BCUT2D eigenvalue weighted by Gasteiger charge is 2.27. The van der Waals surface area contributed by atoms with Crippen LogP contribution in [0.4, 0.5) is 0 Å². The van der Waals surface area contributed by atoms with E-state index in [2.05, 4.69) is 30.9 Å². The number of halogens is 1. The summed E-state index contributed by atoms with van der Waals surface area (Å²) in [4.78, 5) is 0. The molecule has 1 aromatic carbocycles. The molecule has 0 bridgehead atoms. The average molecular weight is 313 g/mol. The normalized spacial score (nSPS) is 17.6. The fraction of sp³-hybridized carbons (Fsp3) is 0.500. The van der Waals surface area contributed by atoms with Gasteiger partial charge < -0.3 is 10.2 Å². The van der Waals surface area contributed by atoms with Crippen LogP contribution >= 0.6 is 11.6 Å². The highest BCUT2D eigenvalue weighted by molar-refractivity contribution is 6.94. The highest BCUT2D eigenvalue weighted by atomic mass is 35.5. The van der Waals surface area contributed by atoms with Crippen molar-refractivity contribution in [2.75, 3.05) is 6.61 Å². The molecule has 1 rings (SSSR count). The number of rotatable bonds is 6. The fourth-order valence-corrected chi connectivity index (χ4v) is 5.31. The van der Waals surface area contributed by atoms with E-state index in [9.17, 15) is 5.11 Å². The van der Waals surface area contributed by atoms with E-state index in [1.54, 1.807) is 0 Å². The lowest BCUT2D eigenvalue weighted by Gasteiger charge is -2.26. The second kappa shape index (κ2) is 7.41. The van der Waals surface area contributed by atoms with Crippen molar-refractivity contribution in [3.05, 3.63) is 41.1 Å². The molecule has 0 aromatic heterocycles. The van der Waals surface area contributed by atoms with Crippen LogP contribution in [0.25, 0.3) is 0 Å². The SMILES string of the molecule is C[C@H](/C(Cl)=C\[Si](C)(C)c1ccccc1)[C@H](O)[C@@H](C)CO. The summed E-state index contributed by atoms with van der Waals surface area (Å²) in [6.07, 6.45) is -0.621. The van der Waals surface area contributed by atoms with E-state index in [1.165, 1.54) is 5.19 Å². The van der Waals surface area contributed by atoms with E-state index in [1.807, 2.05) is 32.0 Å². The van der Waals surface area contributed by atoms with Crippen LogP contribution in [0.3, 0.4) is 0 Å². The van der Waals surface area contributed by atoms with Crippen molar-refractivity contribution in [3.8, 4) is 0 Å². The van der Waals surface area contributed by atoms with Gasteiger partial charge in [-0.3, -0.25) is 0 Å². The summed E-state index contributed by atoms with van der Waals surface area (Å²) in [7, 11) is -1.76. The van der Waals surface area contributed by atoms with Crippen molar-refractivity contribution >= 4 is 24.9 Å². The Morgan fingerprint density at radius 3 is 2.30 bits per heavy atom. The predicted octanol–water partition coefficient (Wildman–Crippen LogP) is 2.89. The van der Waals surface area contributed by atoms with Crippen LogP contribution in [0.15, 0.2) is 41.1 Å². The summed E-state index contributed by atoms with van der Waals surface area (Å²) in [6.45, 7) is 8.17. The Labute approximate surface area is 128 Å². The van der Waals surface area contributed by atoms with E-state index in [0.717, 1.165) is 0 Å². The fourth-order valence-electron chi connectivity index (χ4n) is 2.19. The number of hydrogen-bond acceptors (Lipinski definition) is 2. The van der Waals surface area contributed by atoms with E-state index in [0.29, 0.717) is 5.03 Å². The van der Waals surface area contributed by atoms with E-state index in [-0.39, 0.29) is 18.4 Å². The quantitative estimate of drug-likeness (QED) is 0.793. The minimum absolute atomic E-state index is 0.0326. The van der Waals surface area contributed by atoms with Crippen molar-refractivity contribution in [3.63, 3.8) is 0 Å². The first-order chi connectivity index (χ1) is 9.29. The zero-order chi connectivity index (χ0) is 15.3. The monoisotopic (exact) mass is 312 g/mol. The van der Waals surface area contributed by atoms with Crippen LogP contribution in [0.1, 0.15) is 13.8 Å². The molecule has 0 spiro atoms. The van der Waals surface area contributed by atoms with Gasteiger partial charge in [-0.15, -0.1) is 0 Å². The van der Waals surface area contributed by atoms with Crippen LogP contribution in [0, 0.1) is 11.8 Å². The van der Waals surface area contributed by atoms with Crippen molar-refractivity contribution < 1.29 is 10.2 Å². The van der Waals surface area contributed by atoms with Crippen molar-refractivity contribution in [2.45, 2.75) is 33.0 Å². The van der Waals surface area contributed by atoms with Crippen LogP contribution in [-0.4, -0.2) is 31.0 Å². The molecule has 2 nitrogen and oxygen atoms in total. The van der Waals surface area contributed by atoms with Gasteiger partial charge in [-0.25, -0.2) is 0 Å². The molecule has 1 aromatic rings. The van der Waals surface area contributed by atoms with Crippen molar-refractivity contribution in [1.82, 2.24) is 0 Å². The van der Waals surface area contributed by atoms with Gasteiger partial charge in [0, 0.05) is 23.5 Å². The highest BCUT2D eigenvalue weighted by Crippen LogP contribution is 2.25. The molecule has 112 valence electrons. The number of aliphatic hydroxyl groups excluding tert-OH is 2. The largest absolute Gasteiger partial charge is 0.396 e. The molecule has 0 saturated carbocycles. The molecule has 20 heavy (non-hydrogen) atoms. The minimum atomic E-state index is -1.76. The summed E-state index contributed by atoms with van der Waals surface area (Å²) < 4.78 is 0. The van der Waals surface area contributed by atoms with Crippen molar-refractivity contribution in [1.29, 1.82) is 0 Å². The Morgan fingerprint density at radius 1 is 1.25 bits per heavy atom. The van der Waals surface area contributed by atoms with Gasteiger partial charge >= 0.3 is 0 Å². The number of hydrogen-bond donors (Lipinski definition) is 2. The Morgan fingerprint density at radius 2 is 1.80 bits per heavy atom. The Balaban J connectivity index is 2.92. The Hall–Kier alpha value is -0.613. The van der Waals surface area contributed by atoms with Crippen LogP contribution in [0.2, 0.25) is 13.1 Å². The smallest absolute Gasteiger partial charge is 0.105 e. The van der Waals surface area contributed by atoms with Gasteiger partial charge in [-0.2, -0.15) is 0 Å². The second-order valence-electron chi connectivity index (χ2n) is 6.06. The number of aliphatic hydroxyl groups is 2.